The van der Waals surface area contributed by atoms with Gasteiger partial charge in [0.05, 0.1) is 17.3 Å². The van der Waals surface area contributed by atoms with E-state index in [9.17, 15) is 4.39 Å². The third kappa shape index (κ3) is 3.01. The molecule has 0 unspecified atom stereocenters. The Labute approximate surface area is 111 Å². The topological polar surface area (TPSA) is 29.9 Å². The average molecular weight is 268 g/mol. The second-order valence-corrected chi connectivity index (χ2v) is 4.42. The first-order chi connectivity index (χ1) is 8.70. The Morgan fingerprint density at radius 1 is 1.44 bits per heavy atom. The summed E-state index contributed by atoms with van der Waals surface area (Å²) in [6, 6.07) is 4.26. The summed E-state index contributed by atoms with van der Waals surface area (Å²) in [6.07, 6.45) is 4.75. The molecule has 1 N–H and O–H groups in total. The van der Waals surface area contributed by atoms with Crippen molar-refractivity contribution in [3.63, 3.8) is 0 Å². The summed E-state index contributed by atoms with van der Waals surface area (Å²) >= 11 is 5.98. The van der Waals surface area contributed by atoms with Crippen LogP contribution in [0, 0.1) is 5.82 Å². The molecule has 0 spiro atoms. The van der Waals surface area contributed by atoms with E-state index in [1.54, 1.807) is 6.20 Å². The Balaban J connectivity index is 2.06. The van der Waals surface area contributed by atoms with Crippen LogP contribution in [0.15, 0.2) is 30.6 Å². The van der Waals surface area contributed by atoms with Crippen LogP contribution >= 0.6 is 11.6 Å². The Morgan fingerprint density at radius 3 is 3.06 bits per heavy atom. The summed E-state index contributed by atoms with van der Waals surface area (Å²) in [5.41, 5.74) is 0.586. The van der Waals surface area contributed by atoms with Crippen LogP contribution in [0.5, 0.6) is 0 Å². The van der Waals surface area contributed by atoms with E-state index >= 15 is 0 Å². The second kappa shape index (κ2) is 5.87. The molecule has 0 atom stereocenters. The van der Waals surface area contributed by atoms with Gasteiger partial charge in [0.25, 0.3) is 0 Å². The number of hydrogen-bond donors (Lipinski definition) is 1. The first-order valence-electron chi connectivity index (χ1n) is 5.89. The lowest BCUT2D eigenvalue weighted by Gasteiger charge is -2.10. The zero-order valence-corrected chi connectivity index (χ0v) is 10.9. The van der Waals surface area contributed by atoms with Crippen LogP contribution in [0.4, 0.5) is 10.1 Å². The zero-order valence-electron chi connectivity index (χ0n) is 10.2. The minimum absolute atomic E-state index is 0.307. The SMILES string of the molecule is CCCn1ccnc1CNc1cc(F)ccc1Cl. The highest BCUT2D eigenvalue weighted by molar-refractivity contribution is 6.33. The number of nitrogens with one attached hydrogen (secondary N) is 1. The van der Waals surface area contributed by atoms with Crippen LogP contribution in [0.3, 0.4) is 0 Å². The van der Waals surface area contributed by atoms with Crippen molar-refractivity contribution in [1.82, 2.24) is 9.55 Å². The molecular formula is C13H15ClFN3. The lowest BCUT2D eigenvalue weighted by atomic mass is 10.3. The van der Waals surface area contributed by atoms with Crippen molar-refractivity contribution in [2.45, 2.75) is 26.4 Å². The van der Waals surface area contributed by atoms with Crippen molar-refractivity contribution in [1.29, 1.82) is 0 Å². The van der Waals surface area contributed by atoms with Crippen molar-refractivity contribution < 1.29 is 4.39 Å². The van der Waals surface area contributed by atoms with Gasteiger partial charge in [-0.3, -0.25) is 0 Å². The predicted molar refractivity (Wildman–Crippen MR) is 71.3 cm³/mol. The number of aromatic nitrogens is 2. The highest BCUT2D eigenvalue weighted by Crippen LogP contribution is 2.22. The number of benzene rings is 1. The van der Waals surface area contributed by atoms with Crippen molar-refractivity contribution in [3.8, 4) is 0 Å². The van der Waals surface area contributed by atoms with Gasteiger partial charge in [-0.2, -0.15) is 0 Å². The number of hydrogen-bond acceptors (Lipinski definition) is 2. The molecule has 1 heterocycles. The molecule has 3 nitrogen and oxygen atoms in total. The molecule has 5 heteroatoms. The van der Waals surface area contributed by atoms with E-state index in [4.69, 9.17) is 11.6 Å². The molecule has 0 aliphatic rings. The third-order valence-electron chi connectivity index (χ3n) is 2.63. The molecule has 18 heavy (non-hydrogen) atoms. The lowest BCUT2D eigenvalue weighted by molar-refractivity contribution is 0.627. The maximum atomic E-state index is 13.1. The van der Waals surface area contributed by atoms with Crippen molar-refractivity contribution >= 4 is 17.3 Å². The van der Waals surface area contributed by atoms with Crippen LogP contribution in [0.1, 0.15) is 19.2 Å². The number of nitrogens with zero attached hydrogens (tertiary/aromatic N) is 2. The van der Waals surface area contributed by atoms with Crippen molar-refractivity contribution in [3.05, 3.63) is 47.3 Å². The van der Waals surface area contributed by atoms with Crippen LogP contribution in [0.25, 0.3) is 0 Å². The van der Waals surface area contributed by atoms with E-state index in [0.29, 0.717) is 17.3 Å². The standard InChI is InChI=1S/C13H15ClFN3/c1-2-6-18-7-5-16-13(18)9-17-12-8-10(15)3-4-11(12)14/h3-5,7-8,17H,2,6,9H2,1H3. The molecule has 0 aliphatic carbocycles. The van der Waals surface area contributed by atoms with E-state index < -0.39 is 0 Å². The molecule has 0 bridgehead atoms. The maximum absolute atomic E-state index is 13.1. The summed E-state index contributed by atoms with van der Waals surface area (Å²) in [5, 5.41) is 3.60. The van der Waals surface area contributed by atoms with Gasteiger partial charge >= 0.3 is 0 Å². The summed E-state index contributed by atoms with van der Waals surface area (Å²) < 4.78 is 15.2. The van der Waals surface area contributed by atoms with Gasteiger partial charge in [0.2, 0.25) is 0 Å². The molecule has 0 amide bonds. The number of imidazole rings is 1. The molecule has 0 aliphatic heterocycles. The van der Waals surface area contributed by atoms with Crippen LogP contribution in [-0.2, 0) is 13.1 Å². The van der Waals surface area contributed by atoms with Crippen LogP contribution < -0.4 is 5.32 Å². The van der Waals surface area contributed by atoms with E-state index in [1.807, 2.05) is 6.20 Å². The summed E-state index contributed by atoms with van der Waals surface area (Å²) in [5.74, 6) is 0.607. The van der Waals surface area contributed by atoms with E-state index in [2.05, 4.69) is 21.8 Å². The Morgan fingerprint density at radius 2 is 2.28 bits per heavy atom. The summed E-state index contributed by atoms with van der Waals surface area (Å²) in [6.45, 7) is 3.56. The fraction of sp³-hybridized carbons (Fsp3) is 0.308. The highest BCUT2D eigenvalue weighted by Gasteiger charge is 2.05. The maximum Gasteiger partial charge on any atom is 0.128 e. The fourth-order valence-corrected chi connectivity index (χ4v) is 1.94. The quantitative estimate of drug-likeness (QED) is 0.895. The fourth-order valence-electron chi connectivity index (χ4n) is 1.76. The largest absolute Gasteiger partial charge is 0.377 e. The number of aryl methyl sites for hydroxylation is 1. The first-order valence-corrected chi connectivity index (χ1v) is 6.27. The van der Waals surface area contributed by atoms with Gasteiger partial charge in [0.15, 0.2) is 0 Å². The monoisotopic (exact) mass is 267 g/mol. The number of halogens is 2. The summed E-state index contributed by atoms with van der Waals surface area (Å²) in [4.78, 5) is 4.27. The molecule has 0 saturated carbocycles. The van der Waals surface area contributed by atoms with Crippen molar-refractivity contribution in [2.75, 3.05) is 5.32 Å². The minimum atomic E-state index is -0.307. The van der Waals surface area contributed by atoms with Gasteiger partial charge in [0, 0.05) is 18.9 Å². The molecule has 0 saturated heterocycles. The molecule has 2 rings (SSSR count). The van der Waals surface area contributed by atoms with Crippen molar-refractivity contribution in [2.24, 2.45) is 0 Å². The van der Waals surface area contributed by atoms with Gasteiger partial charge in [-0.1, -0.05) is 18.5 Å². The van der Waals surface area contributed by atoms with Gasteiger partial charge in [-0.05, 0) is 24.6 Å². The smallest absolute Gasteiger partial charge is 0.128 e. The van der Waals surface area contributed by atoms with Gasteiger partial charge in [-0.15, -0.1) is 0 Å². The van der Waals surface area contributed by atoms with Gasteiger partial charge in [-0.25, -0.2) is 9.37 Å². The normalized spacial score (nSPS) is 10.6. The molecule has 1 aromatic carbocycles. The third-order valence-corrected chi connectivity index (χ3v) is 2.96. The molecule has 96 valence electrons. The van der Waals surface area contributed by atoms with Gasteiger partial charge in [0.1, 0.15) is 11.6 Å². The van der Waals surface area contributed by atoms with Gasteiger partial charge < -0.3 is 9.88 Å². The van der Waals surface area contributed by atoms with E-state index in [1.165, 1.54) is 18.2 Å². The molecular weight excluding hydrogens is 253 g/mol. The average Bonchev–Trinajstić information content (AvgIpc) is 2.78. The first kappa shape index (κ1) is 12.9. The summed E-state index contributed by atoms with van der Waals surface area (Å²) in [7, 11) is 0. The Bertz CT molecular complexity index is 525. The minimum Gasteiger partial charge on any atom is -0.377 e. The second-order valence-electron chi connectivity index (χ2n) is 4.01. The van der Waals surface area contributed by atoms with E-state index in [-0.39, 0.29) is 5.82 Å². The molecule has 0 fully saturated rings. The number of rotatable bonds is 5. The molecule has 1 aromatic heterocycles. The lowest BCUT2D eigenvalue weighted by Crippen LogP contribution is -2.08. The Kier molecular flexibility index (Phi) is 4.20. The van der Waals surface area contributed by atoms with E-state index in [0.717, 1.165) is 18.8 Å². The Hall–Kier alpha value is -1.55. The predicted octanol–water partition coefficient (Wildman–Crippen LogP) is 3.70. The zero-order chi connectivity index (χ0) is 13.0. The highest BCUT2D eigenvalue weighted by atomic mass is 35.5. The molecule has 2 aromatic rings. The van der Waals surface area contributed by atoms with Crippen LogP contribution in [-0.4, -0.2) is 9.55 Å². The van der Waals surface area contributed by atoms with Crippen LogP contribution in [0.2, 0.25) is 5.02 Å². The number of anilines is 1. The molecule has 0 radical (unpaired) electrons.